The van der Waals surface area contributed by atoms with E-state index in [1.807, 2.05) is 26.0 Å². The Labute approximate surface area is 129 Å². The van der Waals surface area contributed by atoms with Crippen molar-refractivity contribution in [1.29, 1.82) is 0 Å². The molecule has 2 aromatic rings. The Kier molecular flexibility index (Phi) is 4.73. The number of methoxy groups -OCH3 is 2. The van der Waals surface area contributed by atoms with Crippen LogP contribution in [0.1, 0.15) is 27.6 Å². The van der Waals surface area contributed by atoms with Gasteiger partial charge in [-0.1, -0.05) is 6.07 Å². The lowest BCUT2D eigenvalue weighted by atomic mass is 9.96. The number of alkyl halides is 1. The SMILES string of the molecule is COc1cc(C)c(C(Cl)c2cc(F)ccc2C)cc1OC. The van der Waals surface area contributed by atoms with Gasteiger partial charge in [0.1, 0.15) is 5.82 Å². The predicted octanol–water partition coefficient (Wildman–Crippen LogP) is 4.79. The number of hydrogen-bond donors (Lipinski definition) is 0. The van der Waals surface area contributed by atoms with E-state index in [-0.39, 0.29) is 5.82 Å². The molecular formula is C17H18ClFO2. The van der Waals surface area contributed by atoms with E-state index >= 15 is 0 Å². The van der Waals surface area contributed by atoms with Crippen LogP contribution in [0.15, 0.2) is 30.3 Å². The van der Waals surface area contributed by atoms with E-state index in [1.165, 1.54) is 12.1 Å². The summed E-state index contributed by atoms with van der Waals surface area (Å²) in [4.78, 5) is 0. The molecule has 0 saturated heterocycles. The minimum absolute atomic E-state index is 0.292. The molecule has 1 unspecified atom stereocenters. The number of halogens is 2. The molecule has 0 spiro atoms. The first kappa shape index (κ1) is 15.6. The molecule has 112 valence electrons. The molecular weight excluding hydrogens is 291 g/mol. The number of rotatable bonds is 4. The fraction of sp³-hybridized carbons (Fsp3) is 0.294. The van der Waals surface area contributed by atoms with Crippen LogP contribution in [0.4, 0.5) is 4.39 Å². The summed E-state index contributed by atoms with van der Waals surface area (Å²) in [6.07, 6.45) is 0. The Hall–Kier alpha value is -1.74. The zero-order valence-electron chi connectivity index (χ0n) is 12.5. The summed E-state index contributed by atoms with van der Waals surface area (Å²) in [7, 11) is 3.17. The zero-order chi connectivity index (χ0) is 15.6. The highest BCUT2D eigenvalue weighted by Gasteiger charge is 2.19. The van der Waals surface area contributed by atoms with Crippen molar-refractivity contribution < 1.29 is 13.9 Å². The van der Waals surface area contributed by atoms with Crippen LogP contribution < -0.4 is 9.47 Å². The molecule has 4 heteroatoms. The molecule has 21 heavy (non-hydrogen) atoms. The van der Waals surface area contributed by atoms with Crippen LogP contribution >= 0.6 is 11.6 Å². The summed E-state index contributed by atoms with van der Waals surface area (Å²) in [6.45, 7) is 3.86. The smallest absolute Gasteiger partial charge is 0.161 e. The molecule has 2 aromatic carbocycles. The van der Waals surface area contributed by atoms with Gasteiger partial charge in [-0.3, -0.25) is 0 Å². The first-order valence-electron chi connectivity index (χ1n) is 6.60. The van der Waals surface area contributed by atoms with Crippen molar-refractivity contribution in [2.75, 3.05) is 14.2 Å². The number of benzene rings is 2. The molecule has 1 atom stereocenters. The maximum absolute atomic E-state index is 13.5. The Morgan fingerprint density at radius 1 is 0.905 bits per heavy atom. The molecule has 0 fully saturated rings. The van der Waals surface area contributed by atoms with Gasteiger partial charge in [0, 0.05) is 0 Å². The highest BCUT2D eigenvalue weighted by atomic mass is 35.5. The topological polar surface area (TPSA) is 18.5 Å². The lowest BCUT2D eigenvalue weighted by Crippen LogP contribution is -2.02. The molecule has 0 saturated carbocycles. The van der Waals surface area contributed by atoms with Gasteiger partial charge in [-0.2, -0.15) is 0 Å². The summed E-state index contributed by atoms with van der Waals surface area (Å²) in [5.41, 5.74) is 3.55. The van der Waals surface area contributed by atoms with Crippen molar-refractivity contribution in [3.63, 3.8) is 0 Å². The Morgan fingerprint density at radius 2 is 1.48 bits per heavy atom. The highest BCUT2D eigenvalue weighted by Crippen LogP contribution is 2.38. The lowest BCUT2D eigenvalue weighted by Gasteiger charge is -2.18. The number of aryl methyl sites for hydroxylation is 2. The molecule has 0 radical (unpaired) electrons. The summed E-state index contributed by atoms with van der Waals surface area (Å²) < 4.78 is 24.1. The fourth-order valence-corrected chi connectivity index (χ4v) is 2.79. The minimum atomic E-state index is -0.444. The number of ether oxygens (including phenoxy) is 2. The highest BCUT2D eigenvalue weighted by molar-refractivity contribution is 6.22. The first-order valence-corrected chi connectivity index (χ1v) is 7.04. The van der Waals surface area contributed by atoms with Crippen molar-refractivity contribution in [3.8, 4) is 11.5 Å². The van der Waals surface area contributed by atoms with E-state index in [2.05, 4.69) is 0 Å². The van der Waals surface area contributed by atoms with Gasteiger partial charge in [-0.15, -0.1) is 11.6 Å². The second-order valence-electron chi connectivity index (χ2n) is 4.93. The lowest BCUT2D eigenvalue weighted by molar-refractivity contribution is 0.354. The van der Waals surface area contributed by atoms with Crippen molar-refractivity contribution >= 4 is 11.6 Å². The standard InChI is InChI=1S/C17H18ClFO2/c1-10-5-6-12(19)8-13(10)17(18)14-9-16(21-4)15(20-3)7-11(14)2/h5-9,17H,1-4H3. The van der Waals surface area contributed by atoms with Crippen LogP contribution in [0.25, 0.3) is 0 Å². The van der Waals surface area contributed by atoms with Gasteiger partial charge in [-0.25, -0.2) is 4.39 Å². The first-order chi connectivity index (χ1) is 9.97. The molecule has 0 aliphatic carbocycles. The molecule has 0 aliphatic heterocycles. The molecule has 0 aliphatic rings. The molecule has 0 aromatic heterocycles. The fourth-order valence-electron chi connectivity index (χ4n) is 2.32. The second kappa shape index (κ2) is 6.35. The van der Waals surface area contributed by atoms with Crippen LogP contribution in [0, 0.1) is 19.7 Å². The normalized spacial score (nSPS) is 12.1. The van der Waals surface area contributed by atoms with Crippen molar-refractivity contribution in [2.24, 2.45) is 0 Å². The minimum Gasteiger partial charge on any atom is -0.493 e. The third kappa shape index (κ3) is 3.13. The zero-order valence-corrected chi connectivity index (χ0v) is 13.3. The maximum Gasteiger partial charge on any atom is 0.161 e. The molecule has 2 rings (SSSR count). The third-order valence-corrected chi connectivity index (χ3v) is 4.03. The Morgan fingerprint density at radius 3 is 2.10 bits per heavy atom. The Bertz CT molecular complexity index is 655. The number of hydrogen-bond acceptors (Lipinski definition) is 2. The summed E-state index contributed by atoms with van der Waals surface area (Å²) >= 11 is 6.58. The average molecular weight is 309 g/mol. The predicted molar refractivity (Wildman–Crippen MR) is 83.1 cm³/mol. The molecule has 2 nitrogen and oxygen atoms in total. The van der Waals surface area contributed by atoms with E-state index < -0.39 is 5.38 Å². The van der Waals surface area contributed by atoms with E-state index in [0.717, 1.165) is 22.3 Å². The van der Waals surface area contributed by atoms with Crippen LogP contribution in [0.2, 0.25) is 0 Å². The monoisotopic (exact) mass is 308 g/mol. The van der Waals surface area contributed by atoms with Gasteiger partial charge in [-0.05, 0) is 60.4 Å². The average Bonchev–Trinajstić information content (AvgIpc) is 2.48. The third-order valence-electron chi connectivity index (χ3n) is 3.56. The van der Waals surface area contributed by atoms with Crippen LogP contribution in [0.5, 0.6) is 11.5 Å². The van der Waals surface area contributed by atoms with Crippen LogP contribution in [-0.4, -0.2) is 14.2 Å². The molecule has 0 N–H and O–H groups in total. The summed E-state index contributed by atoms with van der Waals surface area (Å²) in [6, 6.07) is 8.36. The van der Waals surface area contributed by atoms with Crippen LogP contribution in [-0.2, 0) is 0 Å². The van der Waals surface area contributed by atoms with Crippen molar-refractivity contribution in [1.82, 2.24) is 0 Å². The van der Waals surface area contributed by atoms with Crippen LogP contribution in [0.3, 0.4) is 0 Å². The van der Waals surface area contributed by atoms with Gasteiger partial charge >= 0.3 is 0 Å². The van der Waals surface area contributed by atoms with Gasteiger partial charge in [0.25, 0.3) is 0 Å². The van der Waals surface area contributed by atoms with Crippen molar-refractivity contribution in [2.45, 2.75) is 19.2 Å². The summed E-state index contributed by atoms with van der Waals surface area (Å²) in [5.74, 6) is 0.968. The van der Waals surface area contributed by atoms with E-state index in [1.54, 1.807) is 20.3 Å². The van der Waals surface area contributed by atoms with E-state index in [0.29, 0.717) is 11.5 Å². The van der Waals surface area contributed by atoms with Gasteiger partial charge < -0.3 is 9.47 Å². The largest absolute Gasteiger partial charge is 0.493 e. The van der Waals surface area contributed by atoms with E-state index in [4.69, 9.17) is 21.1 Å². The molecule has 0 heterocycles. The van der Waals surface area contributed by atoms with Gasteiger partial charge in [0.05, 0.1) is 19.6 Å². The second-order valence-corrected chi connectivity index (χ2v) is 5.36. The van der Waals surface area contributed by atoms with Gasteiger partial charge in [0.2, 0.25) is 0 Å². The van der Waals surface area contributed by atoms with Crippen molar-refractivity contribution in [3.05, 3.63) is 58.4 Å². The summed E-state index contributed by atoms with van der Waals surface area (Å²) in [5, 5.41) is -0.444. The molecule has 0 amide bonds. The maximum atomic E-state index is 13.5. The quantitative estimate of drug-likeness (QED) is 0.756. The van der Waals surface area contributed by atoms with Gasteiger partial charge in [0.15, 0.2) is 11.5 Å². The molecule has 0 bridgehead atoms. The Balaban J connectivity index is 2.52. The van der Waals surface area contributed by atoms with E-state index in [9.17, 15) is 4.39 Å².